The van der Waals surface area contributed by atoms with E-state index in [0.717, 1.165) is 42.8 Å². The predicted octanol–water partition coefficient (Wildman–Crippen LogP) is 3.58. The minimum absolute atomic E-state index is 0.0690. The molecule has 4 aliphatic carbocycles. The number of aromatic nitrogens is 4. The fourth-order valence-electron chi connectivity index (χ4n) is 5.99. The van der Waals surface area contributed by atoms with E-state index < -0.39 is 0 Å². The molecule has 4 aliphatic rings. The summed E-state index contributed by atoms with van der Waals surface area (Å²) in [5.41, 5.74) is -0.0690. The van der Waals surface area contributed by atoms with Crippen molar-refractivity contribution < 1.29 is 9.21 Å². The number of furan rings is 1. The zero-order valence-corrected chi connectivity index (χ0v) is 15.8. The number of rotatable bonds is 6. The van der Waals surface area contributed by atoms with Crippen LogP contribution in [0.15, 0.2) is 28.0 Å². The fraction of sp³-hybridized carbons (Fsp3) is 0.684. The van der Waals surface area contributed by atoms with Crippen molar-refractivity contribution in [2.45, 2.75) is 62.4 Å². The Bertz CT molecular complexity index is 765. The van der Waals surface area contributed by atoms with Gasteiger partial charge in [-0.3, -0.25) is 4.79 Å². The highest BCUT2D eigenvalue weighted by Gasteiger charge is 2.55. The van der Waals surface area contributed by atoms with Crippen LogP contribution in [0.2, 0.25) is 0 Å². The van der Waals surface area contributed by atoms with Crippen molar-refractivity contribution in [1.29, 1.82) is 0 Å². The average molecular weight is 372 g/mol. The van der Waals surface area contributed by atoms with Crippen LogP contribution in [0.1, 0.15) is 51.2 Å². The second kappa shape index (κ2) is 6.22. The summed E-state index contributed by atoms with van der Waals surface area (Å²) in [4.78, 5) is 13.4. The smallest absolute Gasteiger partial charge is 0.210 e. The molecule has 0 aromatic carbocycles. The molecule has 4 bridgehead atoms. The molecule has 2 aromatic rings. The first-order chi connectivity index (χ1) is 12.6. The first-order valence-electron chi connectivity index (χ1n) is 9.61. The van der Waals surface area contributed by atoms with Crippen LogP contribution in [-0.2, 0) is 11.3 Å². The first kappa shape index (κ1) is 16.5. The Morgan fingerprint density at radius 1 is 1.31 bits per heavy atom. The number of hydrogen-bond acceptors (Lipinski definition) is 6. The van der Waals surface area contributed by atoms with E-state index in [9.17, 15) is 4.79 Å². The van der Waals surface area contributed by atoms with Gasteiger partial charge in [0.2, 0.25) is 5.16 Å². The van der Waals surface area contributed by atoms with Gasteiger partial charge in [0, 0.05) is 5.41 Å². The normalized spacial score (nSPS) is 33.5. The molecule has 0 N–H and O–H groups in total. The van der Waals surface area contributed by atoms with E-state index in [4.69, 9.17) is 4.42 Å². The molecule has 4 fully saturated rings. The SMILES string of the molecule is CC(Sc1nnnn1Cc1ccco1)C(=O)C12CC3CC(CC(C3)C1)C2. The van der Waals surface area contributed by atoms with Gasteiger partial charge in [0.25, 0.3) is 0 Å². The van der Waals surface area contributed by atoms with Crippen LogP contribution in [-0.4, -0.2) is 31.2 Å². The number of ketones is 1. The molecule has 4 saturated carbocycles. The molecule has 0 aliphatic heterocycles. The highest BCUT2D eigenvalue weighted by atomic mass is 32.2. The lowest BCUT2D eigenvalue weighted by atomic mass is 9.48. The molecule has 2 aromatic heterocycles. The maximum absolute atomic E-state index is 13.4. The third kappa shape index (κ3) is 2.80. The lowest BCUT2D eigenvalue weighted by Crippen LogP contribution is -2.51. The summed E-state index contributed by atoms with van der Waals surface area (Å²) < 4.78 is 7.10. The van der Waals surface area contributed by atoms with E-state index in [0.29, 0.717) is 17.5 Å². The Balaban J connectivity index is 1.31. The highest BCUT2D eigenvalue weighted by molar-refractivity contribution is 8.00. The number of tetrazole rings is 1. The zero-order chi connectivity index (χ0) is 17.7. The predicted molar refractivity (Wildman–Crippen MR) is 96.6 cm³/mol. The second-order valence-electron chi connectivity index (χ2n) is 8.52. The average Bonchev–Trinajstić information content (AvgIpc) is 3.26. The van der Waals surface area contributed by atoms with E-state index in [-0.39, 0.29) is 10.7 Å². The number of Topliss-reactive ketones (excluding diaryl/α,β-unsaturated/α-hetero) is 1. The maximum Gasteiger partial charge on any atom is 0.210 e. The number of nitrogens with zero attached hydrogens (tertiary/aromatic N) is 4. The van der Waals surface area contributed by atoms with Crippen molar-refractivity contribution in [3.63, 3.8) is 0 Å². The molecule has 0 saturated heterocycles. The maximum atomic E-state index is 13.4. The lowest BCUT2D eigenvalue weighted by Gasteiger charge is -2.56. The van der Waals surface area contributed by atoms with E-state index >= 15 is 0 Å². The molecule has 0 amide bonds. The summed E-state index contributed by atoms with van der Waals surface area (Å²) in [6.07, 6.45) is 9.05. The van der Waals surface area contributed by atoms with Crippen molar-refractivity contribution in [2.24, 2.45) is 23.2 Å². The molecule has 1 unspecified atom stereocenters. The van der Waals surface area contributed by atoms with E-state index in [2.05, 4.69) is 15.5 Å². The van der Waals surface area contributed by atoms with Gasteiger partial charge in [-0.2, -0.15) is 0 Å². The molecule has 138 valence electrons. The van der Waals surface area contributed by atoms with Crippen LogP contribution in [0.25, 0.3) is 0 Å². The second-order valence-corrected chi connectivity index (χ2v) is 9.83. The summed E-state index contributed by atoms with van der Waals surface area (Å²) in [5, 5.41) is 12.6. The first-order valence-corrected chi connectivity index (χ1v) is 10.5. The summed E-state index contributed by atoms with van der Waals surface area (Å²) in [6.45, 7) is 2.51. The Morgan fingerprint density at radius 3 is 2.62 bits per heavy atom. The molecular weight excluding hydrogens is 348 g/mol. The van der Waals surface area contributed by atoms with Gasteiger partial charge in [0.1, 0.15) is 12.3 Å². The van der Waals surface area contributed by atoms with Crippen LogP contribution in [0.4, 0.5) is 0 Å². The lowest BCUT2D eigenvalue weighted by molar-refractivity contribution is -0.142. The molecule has 1 atom stereocenters. The third-order valence-electron chi connectivity index (χ3n) is 6.60. The standard InChI is InChI=1S/C19H24N4O2S/c1-12(26-18-20-21-22-23(18)11-16-3-2-4-25-16)17(24)19-8-13-5-14(9-19)7-15(6-13)10-19/h2-4,12-15H,5-11H2,1H3. The van der Waals surface area contributed by atoms with Crippen molar-refractivity contribution in [1.82, 2.24) is 20.2 Å². The molecule has 26 heavy (non-hydrogen) atoms. The topological polar surface area (TPSA) is 73.8 Å². The molecule has 7 heteroatoms. The highest BCUT2D eigenvalue weighted by Crippen LogP contribution is 2.61. The molecular formula is C19H24N4O2S. The Morgan fingerprint density at radius 2 is 2.00 bits per heavy atom. The van der Waals surface area contributed by atoms with Crippen molar-refractivity contribution >= 4 is 17.5 Å². The molecule has 6 nitrogen and oxygen atoms in total. The molecule has 2 heterocycles. The third-order valence-corrected chi connectivity index (χ3v) is 7.67. The zero-order valence-electron chi connectivity index (χ0n) is 15.0. The monoisotopic (exact) mass is 372 g/mol. The fourth-order valence-corrected chi connectivity index (χ4v) is 6.97. The summed E-state index contributed by atoms with van der Waals surface area (Å²) in [7, 11) is 0. The van der Waals surface area contributed by atoms with Gasteiger partial charge in [0.05, 0.1) is 11.5 Å². The van der Waals surface area contributed by atoms with Gasteiger partial charge in [-0.25, -0.2) is 4.68 Å². The van der Waals surface area contributed by atoms with Crippen LogP contribution in [0.5, 0.6) is 0 Å². The largest absolute Gasteiger partial charge is 0.467 e. The van der Waals surface area contributed by atoms with Crippen LogP contribution < -0.4 is 0 Å². The Labute approximate surface area is 157 Å². The van der Waals surface area contributed by atoms with Gasteiger partial charge in [-0.05, 0) is 85.8 Å². The number of carbonyl (C=O) groups excluding carboxylic acids is 1. The molecule has 6 rings (SSSR count). The minimum Gasteiger partial charge on any atom is -0.467 e. The Kier molecular flexibility index (Phi) is 3.95. The van der Waals surface area contributed by atoms with E-state index in [1.54, 1.807) is 10.9 Å². The number of carbonyl (C=O) groups is 1. The van der Waals surface area contributed by atoms with Gasteiger partial charge < -0.3 is 4.42 Å². The van der Waals surface area contributed by atoms with Crippen LogP contribution in [0, 0.1) is 23.2 Å². The van der Waals surface area contributed by atoms with Crippen LogP contribution in [0.3, 0.4) is 0 Å². The molecule has 0 radical (unpaired) electrons. The number of thioether (sulfide) groups is 1. The van der Waals surface area contributed by atoms with Gasteiger partial charge in [-0.1, -0.05) is 11.8 Å². The molecule has 0 spiro atoms. The summed E-state index contributed by atoms with van der Waals surface area (Å²) in [5.74, 6) is 3.58. The summed E-state index contributed by atoms with van der Waals surface area (Å²) >= 11 is 1.49. The van der Waals surface area contributed by atoms with E-state index in [1.165, 1.54) is 31.0 Å². The quantitative estimate of drug-likeness (QED) is 0.722. The van der Waals surface area contributed by atoms with Gasteiger partial charge in [0.15, 0.2) is 5.78 Å². The van der Waals surface area contributed by atoms with E-state index in [1.807, 2.05) is 19.1 Å². The number of hydrogen-bond donors (Lipinski definition) is 0. The van der Waals surface area contributed by atoms with Gasteiger partial charge in [-0.15, -0.1) is 5.10 Å². The minimum atomic E-state index is -0.118. The van der Waals surface area contributed by atoms with Crippen LogP contribution >= 0.6 is 11.8 Å². The van der Waals surface area contributed by atoms with Crippen molar-refractivity contribution in [3.8, 4) is 0 Å². The van der Waals surface area contributed by atoms with Crippen molar-refractivity contribution in [2.75, 3.05) is 0 Å². The van der Waals surface area contributed by atoms with Crippen molar-refractivity contribution in [3.05, 3.63) is 24.2 Å². The summed E-state index contributed by atoms with van der Waals surface area (Å²) in [6, 6.07) is 3.76. The Hall–Kier alpha value is -1.63. The van der Waals surface area contributed by atoms with Gasteiger partial charge >= 0.3 is 0 Å².